The summed E-state index contributed by atoms with van der Waals surface area (Å²) in [5.74, 6) is 14.6. The quantitative estimate of drug-likeness (QED) is 0.0976. The number of thiol groups is 2. The lowest BCUT2D eigenvalue weighted by molar-refractivity contribution is 0.552. The van der Waals surface area contributed by atoms with Crippen molar-refractivity contribution < 1.29 is 0 Å². The summed E-state index contributed by atoms with van der Waals surface area (Å²) >= 11 is 27.9. The molecule has 4 heterocycles. The third-order valence-electron chi connectivity index (χ3n) is 5.62. The molecule has 0 nitrogen and oxygen atoms in total. The lowest BCUT2D eigenvalue weighted by Crippen LogP contribution is -2.48. The van der Waals surface area contributed by atoms with Crippen LogP contribution in [0, 0.1) is 0 Å². The monoisotopic (exact) mass is 594 g/mol. The molecular weight excluding hydrogens is 561 g/mol. The third kappa shape index (κ3) is 9.87. The van der Waals surface area contributed by atoms with E-state index in [9.17, 15) is 0 Å². The molecule has 10 heteroatoms. The Balaban J connectivity index is 1.29. The lowest BCUT2D eigenvalue weighted by atomic mass is 9.95. The molecule has 174 valence electrons. The maximum absolute atomic E-state index is 5.30. The molecule has 0 radical (unpaired) electrons. The molecule has 30 heavy (non-hydrogen) atoms. The summed E-state index contributed by atoms with van der Waals surface area (Å²) in [6.07, 6.45) is 2.55. The highest BCUT2D eigenvalue weighted by atomic mass is 32.2. The van der Waals surface area contributed by atoms with Crippen LogP contribution in [0.15, 0.2) is 0 Å². The average molecular weight is 595 g/mol. The number of thioether (sulfide) groups is 8. The molecule has 0 aromatic carbocycles. The van der Waals surface area contributed by atoms with Crippen molar-refractivity contribution >= 4 is 119 Å². The summed E-state index contributed by atoms with van der Waals surface area (Å²) in [5, 5.41) is 4.60. The smallest absolute Gasteiger partial charge is 0.0483 e. The van der Waals surface area contributed by atoms with Gasteiger partial charge in [0.1, 0.15) is 0 Å². The molecule has 0 bridgehead atoms. The van der Waals surface area contributed by atoms with Gasteiger partial charge in [0.25, 0.3) is 0 Å². The van der Waals surface area contributed by atoms with E-state index in [1.165, 1.54) is 76.1 Å². The summed E-state index contributed by atoms with van der Waals surface area (Å²) in [5.41, 5.74) is 0. The third-order valence-corrected chi connectivity index (χ3v) is 17.5. The first-order chi connectivity index (χ1) is 14.7. The van der Waals surface area contributed by atoms with Crippen LogP contribution in [0.5, 0.6) is 0 Å². The van der Waals surface area contributed by atoms with Crippen molar-refractivity contribution in [3.63, 3.8) is 0 Å². The van der Waals surface area contributed by atoms with Crippen molar-refractivity contribution in [2.24, 2.45) is 0 Å². The Kier molecular flexibility index (Phi) is 12.1. The number of hydrogen-bond donors (Lipinski definition) is 2. The molecule has 0 saturated carbocycles. The van der Waals surface area contributed by atoms with Crippen molar-refractivity contribution in [3.8, 4) is 0 Å². The van der Waals surface area contributed by atoms with E-state index < -0.39 is 0 Å². The Labute approximate surface area is 229 Å². The lowest BCUT2D eigenvalue weighted by Gasteiger charge is -2.43. The van der Waals surface area contributed by atoms with E-state index in [1.54, 1.807) is 0 Å². The van der Waals surface area contributed by atoms with Gasteiger partial charge in [-0.15, -0.1) is 0 Å². The van der Waals surface area contributed by atoms with Crippen molar-refractivity contribution in [2.45, 2.75) is 49.1 Å². The molecule has 0 amide bonds. The van der Waals surface area contributed by atoms with Crippen molar-refractivity contribution in [1.82, 2.24) is 0 Å². The van der Waals surface area contributed by atoms with Crippen molar-refractivity contribution in [1.29, 1.82) is 0 Å². The van der Waals surface area contributed by atoms with E-state index in [0.29, 0.717) is 10.5 Å². The molecule has 6 atom stereocenters. The predicted octanol–water partition coefficient (Wildman–Crippen LogP) is 6.50. The van der Waals surface area contributed by atoms with Crippen LogP contribution in [0.25, 0.3) is 0 Å². The normalized spacial score (nSPS) is 33.0. The second-order valence-corrected chi connectivity index (χ2v) is 19.8. The van der Waals surface area contributed by atoms with Crippen LogP contribution in [0.4, 0.5) is 0 Å². The van der Waals surface area contributed by atoms with E-state index in [0.717, 1.165) is 21.0 Å². The first-order valence-corrected chi connectivity index (χ1v) is 20.5. The molecule has 4 rings (SSSR count). The minimum atomic E-state index is 0.217. The highest BCUT2D eigenvalue weighted by Gasteiger charge is 2.46. The van der Waals surface area contributed by atoms with Gasteiger partial charge in [0, 0.05) is 99.5 Å². The topological polar surface area (TPSA) is 0 Å². The van der Waals surface area contributed by atoms with Gasteiger partial charge in [0.05, 0.1) is 0 Å². The number of rotatable bonds is 19. The van der Waals surface area contributed by atoms with Gasteiger partial charge in [-0.25, -0.2) is 0 Å². The molecule has 0 aromatic heterocycles. The molecule has 4 saturated heterocycles. The van der Waals surface area contributed by atoms with Gasteiger partial charge in [0.15, 0.2) is 0 Å². The molecule has 0 aromatic rings. The van der Waals surface area contributed by atoms with Crippen LogP contribution < -0.4 is 0 Å². The van der Waals surface area contributed by atoms with Crippen molar-refractivity contribution in [3.05, 3.63) is 0 Å². The van der Waals surface area contributed by atoms with Gasteiger partial charge in [-0.3, -0.25) is 0 Å². The van der Waals surface area contributed by atoms with Crippen LogP contribution in [0.3, 0.4) is 0 Å². The number of hydrogen-bond acceptors (Lipinski definition) is 10. The minimum absolute atomic E-state index is 0.217. The summed E-state index contributed by atoms with van der Waals surface area (Å²) in [4.78, 5) is 0. The first kappa shape index (κ1) is 26.6. The fourth-order valence-electron chi connectivity index (χ4n) is 3.35. The van der Waals surface area contributed by atoms with Crippen LogP contribution in [0.2, 0.25) is 0 Å². The van der Waals surface area contributed by atoms with Gasteiger partial charge in [0.2, 0.25) is 0 Å². The standard InChI is InChI=1S/C20H34S10/c21-18(5-14-9-26-14)20(19(22)6-15-10-27-15,30-4-3-24-8-17-12-29-17)13-25-2-1-23-7-16-11-28-16/h14-19,21-22H,1-13H2. The zero-order valence-electron chi connectivity index (χ0n) is 17.3. The van der Waals surface area contributed by atoms with E-state index in [-0.39, 0.29) is 4.75 Å². The second kappa shape index (κ2) is 13.7. The summed E-state index contributed by atoms with van der Waals surface area (Å²) in [6.45, 7) is 0. The largest absolute Gasteiger partial charge is 0.174 e. The Hall–Kier alpha value is 3.50. The molecule has 4 aliphatic heterocycles. The van der Waals surface area contributed by atoms with Gasteiger partial charge >= 0.3 is 0 Å². The molecule has 6 unspecified atom stereocenters. The Morgan fingerprint density at radius 3 is 1.57 bits per heavy atom. The molecule has 0 aliphatic carbocycles. The Morgan fingerprint density at radius 2 is 1.10 bits per heavy atom. The van der Waals surface area contributed by atoms with Crippen LogP contribution in [-0.4, -0.2) is 99.5 Å². The highest BCUT2D eigenvalue weighted by molar-refractivity contribution is 8.10. The van der Waals surface area contributed by atoms with Crippen LogP contribution in [0.1, 0.15) is 12.8 Å². The Morgan fingerprint density at radius 1 is 0.667 bits per heavy atom. The zero-order valence-corrected chi connectivity index (χ0v) is 25.6. The fourth-order valence-corrected chi connectivity index (χ4v) is 14.1. The summed E-state index contributed by atoms with van der Waals surface area (Å²) < 4.78 is 0.217. The molecular formula is C20H34S10. The van der Waals surface area contributed by atoms with Crippen LogP contribution >= 0.6 is 119 Å². The van der Waals surface area contributed by atoms with Gasteiger partial charge in [-0.05, 0) is 12.8 Å². The first-order valence-electron chi connectivity index (χ1n) is 10.9. The minimum Gasteiger partial charge on any atom is -0.174 e. The molecule has 4 aliphatic rings. The van der Waals surface area contributed by atoms with E-state index in [4.69, 9.17) is 25.3 Å². The summed E-state index contributed by atoms with van der Waals surface area (Å²) in [7, 11) is 0. The maximum Gasteiger partial charge on any atom is 0.0483 e. The van der Waals surface area contributed by atoms with Gasteiger partial charge in [-0.1, -0.05) is 0 Å². The SMILES string of the molecule is SC(CC1CS1)C(CSCCSCC1CS1)(SCCSCC1CS1)C(S)CC1CS1. The van der Waals surface area contributed by atoms with E-state index in [2.05, 4.69) is 94.1 Å². The predicted molar refractivity (Wildman–Crippen MR) is 167 cm³/mol. The molecule has 4 fully saturated rings. The average Bonchev–Trinajstić information content (AvgIpc) is 3.53. The molecule has 0 spiro atoms. The van der Waals surface area contributed by atoms with Gasteiger partial charge in [-0.2, -0.15) is 119 Å². The highest BCUT2D eigenvalue weighted by Crippen LogP contribution is 2.49. The van der Waals surface area contributed by atoms with E-state index >= 15 is 0 Å². The second-order valence-electron chi connectivity index (χ2n) is 8.33. The fraction of sp³-hybridized carbons (Fsp3) is 1.00. The van der Waals surface area contributed by atoms with E-state index in [1.807, 2.05) is 0 Å². The zero-order chi connectivity index (χ0) is 20.8. The molecule has 0 N–H and O–H groups in total. The van der Waals surface area contributed by atoms with Crippen molar-refractivity contribution in [2.75, 3.05) is 63.3 Å². The summed E-state index contributed by atoms with van der Waals surface area (Å²) in [6, 6.07) is 0. The van der Waals surface area contributed by atoms with Gasteiger partial charge < -0.3 is 0 Å². The maximum atomic E-state index is 5.30. The Bertz CT molecular complexity index is 484. The van der Waals surface area contributed by atoms with Crippen LogP contribution in [-0.2, 0) is 0 Å².